The molecule has 4 rings (SSSR count). The number of pyridine rings is 1. The van der Waals surface area contributed by atoms with Crippen molar-refractivity contribution in [2.45, 2.75) is 47.5 Å². The van der Waals surface area contributed by atoms with Gasteiger partial charge in [0.1, 0.15) is 11.5 Å². The molecule has 4 aromatic rings. The Labute approximate surface area is 272 Å². The molecule has 0 amide bonds. The molecule has 7 heteroatoms. The second-order valence-corrected chi connectivity index (χ2v) is 12.8. The lowest BCUT2D eigenvalue weighted by molar-refractivity contribution is 0.400. The smallest absolute Gasteiger partial charge is 0.124 e. The van der Waals surface area contributed by atoms with Crippen molar-refractivity contribution in [2.75, 3.05) is 20.6 Å². The van der Waals surface area contributed by atoms with E-state index in [1.54, 1.807) is 30.6 Å². The average molecular weight is 619 g/mol. The highest BCUT2D eigenvalue weighted by molar-refractivity contribution is 5.97. The van der Waals surface area contributed by atoms with Gasteiger partial charge >= 0.3 is 0 Å². The highest BCUT2D eigenvalue weighted by atomic mass is 19.1. The number of hydrogen-bond acceptors (Lipinski definition) is 4. The molecule has 0 aliphatic carbocycles. The summed E-state index contributed by atoms with van der Waals surface area (Å²) in [6.07, 6.45) is 15.2. The molecule has 0 saturated heterocycles. The number of halogens is 1. The molecule has 6 nitrogen and oxygen atoms in total. The van der Waals surface area contributed by atoms with E-state index < -0.39 is 0 Å². The summed E-state index contributed by atoms with van der Waals surface area (Å²) < 4.78 is 14.8. The van der Waals surface area contributed by atoms with E-state index in [9.17, 15) is 4.39 Å². The topological polar surface area (TPSA) is 72.6 Å². The van der Waals surface area contributed by atoms with Gasteiger partial charge in [-0.2, -0.15) is 5.10 Å². The molecule has 240 valence electrons. The van der Waals surface area contributed by atoms with Gasteiger partial charge in [0.2, 0.25) is 0 Å². The lowest BCUT2D eigenvalue weighted by Gasteiger charge is -2.24. The van der Waals surface area contributed by atoms with Gasteiger partial charge in [-0.3, -0.25) is 10.1 Å². The summed E-state index contributed by atoms with van der Waals surface area (Å²) in [6.45, 7) is 23.8. The second-order valence-electron chi connectivity index (χ2n) is 12.8. The van der Waals surface area contributed by atoms with Crippen LogP contribution in [0.15, 0.2) is 97.2 Å². The van der Waals surface area contributed by atoms with Gasteiger partial charge in [0.05, 0.1) is 22.8 Å². The second kappa shape index (κ2) is 14.6. The van der Waals surface area contributed by atoms with E-state index >= 15 is 0 Å². The lowest BCUT2D eigenvalue weighted by atomic mass is 9.92. The molecule has 3 aromatic heterocycles. The maximum absolute atomic E-state index is 14.8. The van der Waals surface area contributed by atoms with E-state index in [0.717, 1.165) is 91.5 Å². The molecule has 0 bridgehead atoms. The van der Waals surface area contributed by atoms with Crippen molar-refractivity contribution in [3.05, 3.63) is 119 Å². The van der Waals surface area contributed by atoms with Crippen LogP contribution in [0.1, 0.15) is 46.6 Å². The summed E-state index contributed by atoms with van der Waals surface area (Å²) in [5.74, 6) is -0.248. The molecular formula is C39H47FN6. The number of aromatic amines is 2. The number of nitrogens with one attached hydrogen (secondary N) is 3. The van der Waals surface area contributed by atoms with Gasteiger partial charge in [-0.1, -0.05) is 58.7 Å². The number of fused-ring (bicyclic) bond motifs is 1. The maximum Gasteiger partial charge on any atom is 0.124 e. The summed E-state index contributed by atoms with van der Waals surface area (Å²) in [5.41, 5.74) is 8.45. The van der Waals surface area contributed by atoms with Gasteiger partial charge < -0.3 is 15.2 Å². The third-order valence-electron chi connectivity index (χ3n) is 7.99. The van der Waals surface area contributed by atoms with E-state index in [1.807, 2.05) is 52.2 Å². The first-order chi connectivity index (χ1) is 21.8. The Morgan fingerprint density at radius 2 is 1.85 bits per heavy atom. The van der Waals surface area contributed by atoms with Gasteiger partial charge in [0.15, 0.2) is 0 Å². The molecule has 0 saturated carbocycles. The van der Waals surface area contributed by atoms with Gasteiger partial charge in [0.25, 0.3) is 0 Å². The Kier molecular flexibility index (Phi) is 10.8. The van der Waals surface area contributed by atoms with Crippen molar-refractivity contribution in [1.29, 1.82) is 0 Å². The van der Waals surface area contributed by atoms with Gasteiger partial charge in [-0.15, -0.1) is 0 Å². The van der Waals surface area contributed by atoms with Crippen molar-refractivity contribution >= 4 is 23.1 Å². The quantitative estimate of drug-likeness (QED) is 0.143. The van der Waals surface area contributed by atoms with Crippen molar-refractivity contribution in [1.82, 2.24) is 30.4 Å². The highest BCUT2D eigenvalue weighted by Gasteiger charge is 2.16. The molecule has 3 N–H and O–H groups in total. The summed E-state index contributed by atoms with van der Waals surface area (Å²) in [4.78, 5) is 10.1. The number of hydrogen-bond donors (Lipinski definition) is 3. The Bertz CT molecular complexity index is 1940. The largest absolute Gasteiger partial charge is 0.359 e. The van der Waals surface area contributed by atoms with Crippen LogP contribution in [0.4, 0.5) is 4.39 Å². The zero-order valence-electron chi connectivity index (χ0n) is 28.3. The number of allylic oxidation sites excluding steroid dienone is 6. The third kappa shape index (κ3) is 8.09. The molecule has 1 aromatic carbocycles. The Morgan fingerprint density at radius 1 is 1.09 bits per heavy atom. The van der Waals surface area contributed by atoms with Gasteiger partial charge in [0, 0.05) is 39.2 Å². The molecule has 0 fully saturated rings. The summed E-state index contributed by atoms with van der Waals surface area (Å²) in [7, 11) is 4.10. The van der Waals surface area contributed by atoms with Crippen molar-refractivity contribution < 1.29 is 4.39 Å². The molecule has 0 atom stereocenters. The molecular weight excluding hydrogens is 571 g/mol. The number of H-pyrrole nitrogens is 2. The SMILES string of the molecule is C=C/C(=C\C(=C/C)C(=C)/C=c1/c(-c2cc3c(-c4cc(F)cc(CCCN(C)C)c4)cncc3[nH]2)n[nH]/c1=C/C)NC(=C)C(C)(C)C. The number of aromatic nitrogens is 4. The Balaban J connectivity index is 1.75. The van der Waals surface area contributed by atoms with E-state index in [-0.39, 0.29) is 11.2 Å². The molecule has 0 spiro atoms. The third-order valence-corrected chi connectivity index (χ3v) is 7.99. The minimum atomic E-state index is -0.248. The highest BCUT2D eigenvalue weighted by Crippen LogP contribution is 2.32. The molecule has 3 heterocycles. The van der Waals surface area contributed by atoms with E-state index in [4.69, 9.17) is 5.10 Å². The zero-order valence-corrected chi connectivity index (χ0v) is 28.3. The monoisotopic (exact) mass is 618 g/mol. The van der Waals surface area contributed by atoms with Crippen molar-refractivity contribution in [3.63, 3.8) is 0 Å². The fourth-order valence-corrected chi connectivity index (χ4v) is 5.19. The van der Waals surface area contributed by atoms with Crippen molar-refractivity contribution in [2.24, 2.45) is 5.41 Å². The first-order valence-corrected chi connectivity index (χ1v) is 15.6. The predicted molar refractivity (Wildman–Crippen MR) is 193 cm³/mol. The van der Waals surface area contributed by atoms with Crippen LogP contribution < -0.4 is 15.9 Å². The van der Waals surface area contributed by atoms with Crippen LogP contribution in [0.25, 0.3) is 45.6 Å². The summed E-state index contributed by atoms with van der Waals surface area (Å²) in [5, 5.41) is 14.0. The minimum absolute atomic E-state index is 0.100. The van der Waals surface area contributed by atoms with Gasteiger partial charge in [-0.25, -0.2) is 4.39 Å². The maximum atomic E-state index is 14.8. The van der Waals surface area contributed by atoms with E-state index in [1.165, 1.54) is 0 Å². The number of benzene rings is 1. The fourth-order valence-electron chi connectivity index (χ4n) is 5.19. The summed E-state index contributed by atoms with van der Waals surface area (Å²) in [6, 6.07) is 7.34. The molecule has 46 heavy (non-hydrogen) atoms. The van der Waals surface area contributed by atoms with Crippen LogP contribution in [-0.2, 0) is 6.42 Å². The van der Waals surface area contributed by atoms with Crippen LogP contribution in [0.3, 0.4) is 0 Å². The van der Waals surface area contributed by atoms with Crippen molar-refractivity contribution in [3.8, 4) is 22.5 Å². The summed E-state index contributed by atoms with van der Waals surface area (Å²) >= 11 is 0. The standard InChI is InChI=1S/C39H47FN6/c1-11-28(21-31(12-2)42-26(5)39(6,7)8)25(4)17-33-35(13-3)44-45-38(33)36-22-32-34(23-41-24-37(32)43-36)29-18-27(19-30(40)20-29)15-14-16-46(9)10/h11-13,17-24,42-44H,2,4-5,14-16H2,1,3,6-10H3/b28-11+,31-21+,33-17+,35-13+. The molecule has 0 unspecified atom stereocenters. The van der Waals surface area contributed by atoms with Crippen LogP contribution in [-0.4, -0.2) is 45.7 Å². The van der Waals surface area contributed by atoms with E-state index in [2.05, 4.69) is 77.9 Å². The first kappa shape index (κ1) is 34.1. The molecule has 0 radical (unpaired) electrons. The van der Waals surface area contributed by atoms with Crippen LogP contribution in [0, 0.1) is 11.2 Å². The van der Waals surface area contributed by atoms with Crippen LogP contribution in [0.2, 0.25) is 0 Å². The number of aryl methyl sites for hydroxylation is 1. The molecule has 0 aliphatic rings. The Morgan fingerprint density at radius 3 is 2.50 bits per heavy atom. The number of rotatable bonds is 12. The van der Waals surface area contributed by atoms with Crippen LogP contribution >= 0.6 is 0 Å². The molecule has 0 aliphatic heterocycles. The fraction of sp³-hybridized carbons (Fsp3) is 0.282. The van der Waals surface area contributed by atoms with Crippen LogP contribution in [0.5, 0.6) is 0 Å². The van der Waals surface area contributed by atoms with Gasteiger partial charge in [-0.05, 0) is 106 Å². The predicted octanol–water partition coefficient (Wildman–Crippen LogP) is 7.56. The average Bonchev–Trinajstić information content (AvgIpc) is 3.61. The normalized spacial score (nSPS) is 13.6. The Hall–Kier alpha value is -4.75. The lowest BCUT2D eigenvalue weighted by Crippen LogP contribution is -2.24. The minimum Gasteiger partial charge on any atom is -0.359 e. The number of nitrogens with zero attached hydrogens (tertiary/aromatic N) is 3. The zero-order chi connectivity index (χ0) is 33.6. The van der Waals surface area contributed by atoms with E-state index in [0.29, 0.717) is 0 Å². The first-order valence-electron chi connectivity index (χ1n) is 15.6.